The smallest absolute Gasteiger partial charge is 0.338 e. The summed E-state index contributed by atoms with van der Waals surface area (Å²) in [5.74, 6) is -2.23. The number of halogens is 1. The summed E-state index contributed by atoms with van der Waals surface area (Å²) in [7, 11) is 3.87. The molecule has 3 N–H and O–H groups in total. The first-order valence-electron chi connectivity index (χ1n) is 6.12. The van der Waals surface area contributed by atoms with E-state index in [9.17, 15) is 14.0 Å². The molecule has 0 saturated heterocycles. The number of carbonyl (C=O) groups is 2. The molecular formula is C13H18FN3O3. The van der Waals surface area contributed by atoms with Gasteiger partial charge in [0.2, 0.25) is 0 Å². The molecule has 0 atom stereocenters. The fourth-order valence-corrected chi connectivity index (χ4v) is 1.54. The van der Waals surface area contributed by atoms with Crippen molar-refractivity contribution in [3.8, 4) is 0 Å². The molecule has 20 heavy (non-hydrogen) atoms. The second kappa shape index (κ2) is 7.44. The van der Waals surface area contributed by atoms with E-state index in [4.69, 9.17) is 5.11 Å². The van der Waals surface area contributed by atoms with Gasteiger partial charge >= 0.3 is 12.0 Å². The molecule has 0 fully saturated rings. The van der Waals surface area contributed by atoms with Crippen molar-refractivity contribution in [3.05, 3.63) is 29.6 Å². The first-order chi connectivity index (χ1) is 9.40. The van der Waals surface area contributed by atoms with Gasteiger partial charge in [0.25, 0.3) is 0 Å². The Bertz CT molecular complexity index is 492. The van der Waals surface area contributed by atoms with Gasteiger partial charge in [0.05, 0.1) is 5.56 Å². The minimum Gasteiger partial charge on any atom is -0.478 e. The van der Waals surface area contributed by atoms with Gasteiger partial charge in [0.1, 0.15) is 5.82 Å². The number of nitrogens with zero attached hydrogens (tertiary/aromatic N) is 1. The van der Waals surface area contributed by atoms with Crippen LogP contribution in [0.25, 0.3) is 0 Å². The number of urea groups is 1. The van der Waals surface area contributed by atoms with Crippen LogP contribution in [0.3, 0.4) is 0 Å². The van der Waals surface area contributed by atoms with Crippen LogP contribution in [0.5, 0.6) is 0 Å². The molecule has 110 valence electrons. The van der Waals surface area contributed by atoms with Crippen molar-refractivity contribution in [3.63, 3.8) is 0 Å². The minimum atomic E-state index is -1.35. The molecule has 1 rings (SSSR count). The third-order valence-corrected chi connectivity index (χ3v) is 2.53. The zero-order valence-electron chi connectivity index (χ0n) is 11.4. The molecule has 0 aliphatic heterocycles. The van der Waals surface area contributed by atoms with Gasteiger partial charge in [-0.25, -0.2) is 14.0 Å². The maximum absolute atomic E-state index is 13.4. The maximum atomic E-state index is 13.4. The number of anilines is 1. The molecular weight excluding hydrogens is 265 g/mol. The molecule has 0 radical (unpaired) electrons. The van der Waals surface area contributed by atoms with E-state index in [0.717, 1.165) is 25.1 Å². The lowest BCUT2D eigenvalue weighted by molar-refractivity contribution is 0.0692. The van der Waals surface area contributed by atoms with Gasteiger partial charge in [-0.15, -0.1) is 0 Å². The molecule has 7 heteroatoms. The predicted octanol–water partition coefficient (Wildman–Crippen LogP) is 1.60. The minimum absolute atomic E-state index is 0.206. The molecule has 0 heterocycles. The van der Waals surface area contributed by atoms with Gasteiger partial charge in [-0.3, -0.25) is 0 Å². The molecule has 1 aromatic carbocycles. The first kappa shape index (κ1) is 15.9. The van der Waals surface area contributed by atoms with Crippen molar-refractivity contribution < 1.29 is 19.1 Å². The zero-order valence-corrected chi connectivity index (χ0v) is 11.4. The summed E-state index contributed by atoms with van der Waals surface area (Å²) in [5.41, 5.74) is -0.223. The molecule has 0 unspecified atom stereocenters. The molecule has 6 nitrogen and oxygen atoms in total. The third kappa shape index (κ3) is 5.23. The van der Waals surface area contributed by atoms with E-state index in [1.807, 2.05) is 19.0 Å². The Labute approximate surface area is 116 Å². The summed E-state index contributed by atoms with van der Waals surface area (Å²) in [4.78, 5) is 24.2. The van der Waals surface area contributed by atoms with Gasteiger partial charge < -0.3 is 20.6 Å². The van der Waals surface area contributed by atoms with E-state index in [-0.39, 0.29) is 5.69 Å². The second-order valence-corrected chi connectivity index (χ2v) is 4.54. The molecule has 0 spiro atoms. The van der Waals surface area contributed by atoms with Crippen molar-refractivity contribution >= 4 is 17.7 Å². The lowest BCUT2D eigenvalue weighted by Crippen LogP contribution is -2.31. The van der Waals surface area contributed by atoms with Crippen LogP contribution in [0.4, 0.5) is 14.9 Å². The standard InChI is InChI=1S/C13H18FN3O3/c1-17(2)7-3-6-15-13(20)16-9-4-5-10(12(18)19)11(14)8-9/h4-5,8H,3,6-7H2,1-2H3,(H,18,19)(H2,15,16,20). The largest absolute Gasteiger partial charge is 0.478 e. The van der Waals surface area contributed by atoms with Crippen molar-refractivity contribution in [2.75, 3.05) is 32.5 Å². The predicted molar refractivity (Wildman–Crippen MR) is 73.6 cm³/mol. The normalized spacial score (nSPS) is 10.4. The summed E-state index contributed by atoms with van der Waals surface area (Å²) in [5, 5.41) is 13.8. The molecule has 0 bridgehead atoms. The van der Waals surface area contributed by atoms with Gasteiger partial charge in [-0.1, -0.05) is 0 Å². The van der Waals surface area contributed by atoms with Crippen molar-refractivity contribution in [2.24, 2.45) is 0 Å². The molecule has 1 aromatic rings. The van der Waals surface area contributed by atoms with E-state index in [0.29, 0.717) is 6.54 Å². The number of benzene rings is 1. The SMILES string of the molecule is CN(C)CCCNC(=O)Nc1ccc(C(=O)O)c(F)c1. The van der Waals surface area contributed by atoms with E-state index >= 15 is 0 Å². The van der Waals surface area contributed by atoms with Gasteiger partial charge in [0, 0.05) is 12.2 Å². The quantitative estimate of drug-likeness (QED) is 0.693. The molecule has 0 aliphatic rings. The maximum Gasteiger partial charge on any atom is 0.338 e. The fourth-order valence-electron chi connectivity index (χ4n) is 1.54. The third-order valence-electron chi connectivity index (χ3n) is 2.53. The second-order valence-electron chi connectivity index (χ2n) is 4.54. The van der Waals surface area contributed by atoms with Crippen LogP contribution < -0.4 is 10.6 Å². The summed E-state index contributed by atoms with van der Waals surface area (Å²) in [6.07, 6.45) is 0.798. The summed E-state index contributed by atoms with van der Waals surface area (Å²) >= 11 is 0. The van der Waals surface area contributed by atoms with Crippen molar-refractivity contribution in [1.29, 1.82) is 0 Å². The average molecular weight is 283 g/mol. The molecule has 0 aliphatic carbocycles. The molecule has 2 amide bonds. The lowest BCUT2D eigenvalue weighted by atomic mass is 10.2. The highest BCUT2D eigenvalue weighted by Crippen LogP contribution is 2.14. The van der Waals surface area contributed by atoms with E-state index in [1.165, 1.54) is 6.07 Å². The van der Waals surface area contributed by atoms with E-state index in [2.05, 4.69) is 10.6 Å². The van der Waals surface area contributed by atoms with Gasteiger partial charge in [-0.2, -0.15) is 0 Å². The number of hydrogen-bond donors (Lipinski definition) is 3. The summed E-state index contributed by atoms with van der Waals surface area (Å²) in [6, 6.07) is 2.97. The fraction of sp³-hybridized carbons (Fsp3) is 0.385. The van der Waals surface area contributed by atoms with Crippen molar-refractivity contribution in [2.45, 2.75) is 6.42 Å². The Morgan fingerprint density at radius 3 is 2.60 bits per heavy atom. The zero-order chi connectivity index (χ0) is 15.1. The van der Waals surface area contributed by atoms with E-state index < -0.39 is 23.4 Å². The van der Waals surface area contributed by atoms with Crippen LogP contribution >= 0.6 is 0 Å². The number of carboxylic acid groups (broad SMARTS) is 1. The topological polar surface area (TPSA) is 81.7 Å². The Balaban J connectivity index is 2.46. The van der Waals surface area contributed by atoms with Crippen LogP contribution in [-0.4, -0.2) is 49.2 Å². The molecule has 0 saturated carbocycles. The summed E-state index contributed by atoms with van der Waals surface area (Å²) in [6.45, 7) is 1.35. The highest BCUT2D eigenvalue weighted by atomic mass is 19.1. The van der Waals surface area contributed by atoms with Crippen LogP contribution in [0.1, 0.15) is 16.8 Å². The number of carboxylic acids is 1. The Hall–Kier alpha value is -2.15. The summed E-state index contributed by atoms with van der Waals surface area (Å²) < 4.78 is 13.4. The molecule has 0 aromatic heterocycles. The van der Waals surface area contributed by atoms with E-state index in [1.54, 1.807) is 0 Å². The Kier molecular flexibility index (Phi) is 5.92. The number of carbonyl (C=O) groups excluding carboxylic acids is 1. The average Bonchev–Trinajstić information content (AvgIpc) is 2.34. The Morgan fingerprint density at radius 2 is 2.05 bits per heavy atom. The van der Waals surface area contributed by atoms with Crippen LogP contribution in [0, 0.1) is 5.82 Å². The van der Waals surface area contributed by atoms with Crippen molar-refractivity contribution in [1.82, 2.24) is 10.2 Å². The number of amides is 2. The van der Waals surface area contributed by atoms with Gasteiger partial charge in [0.15, 0.2) is 0 Å². The highest BCUT2D eigenvalue weighted by Gasteiger charge is 2.11. The Morgan fingerprint density at radius 1 is 1.35 bits per heavy atom. The number of nitrogens with one attached hydrogen (secondary N) is 2. The van der Waals surface area contributed by atoms with Gasteiger partial charge in [-0.05, 0) is 45.3 Å². The van der Waals surface area contributed by atoms with Crippen LogP contribution in [0.15, 0.2) is 18.2 Å². The monoisotopic (exact) mass is 283 g/mol. The number of aromatic carboxylic acids is 1. The van der Waals surface area contributed by atoms with Crippen LogP contribution in [0.2, 0.25) is 0 Å². The number of rotatable bonds is 6. The number of hydrogen-bond acceptors (Lipinski definition) is 3. The van der Waals surface area contributed by atoms with Crippen LogP contribution in [-0.2, 0) is 0 Å². The highest BCUT2D eigenvalue weighted by molar-refractivity contribution is 5.91. The lowest BCUT2D eigenvalue weighted by Gasteiger charge is -2.11. The first-order valence-corrected chi connectivity index (χ1v) is 6.12.